The fourth-order valence-corrected chi connectivity index (χ4v) is 4.36. The number of aryl methyl sites for hydroxylation is 1. The van der Waals surface area contributed by atoms with Gasteiger partial charge in [0.2, 0.25) is 11.8 Å². The van der Waals surface area contributed by atoms with Crippen molar-refractivity contribution in [1.29, 1.82) is 0 Å². The zero-order valence-electron chi connectivity index (χ0n) is 20.3. The van der Waals surface area contributed by atoms with Gasteiger partial charge in [-0.25, -0.2) is 0 Å². The number of benzene rings is 2. The molecule has 0 spiro atoms. The lowest BCUT2D eigenvalue weighted by atomic mass is 10.1. The van der Waals surface area contributed by atoms with E-state index in [1.807, 2.05) is 53.1 Å². The quantitative estimate of drug-likeness (QED) is 0.399. The van der Waals surface area contributed by atoms with Crippen molar-refractivity contribution in [2.45, 2.75) is 65.2 Å². The van der Waals surface area contributed by atoms with Crippen molar-refractivity contribution in [1.82, 2.24) is 14.4 Å². The zero-order chi connectivity index (χ0) is 23.9. The number of aromatic nitrogens is 1. The van der Waals surface area contributed by atoms with Crippen LogP contribution in [0.2, 0.25) is 0 Å². The lowest BCUT2D eigenvalue weighted by Crippen LogP contribution is -2.43. The first-order chi connectivity index (χ1) is 16.5. The standard InChI is InChI=1S/C29H35N3O2/c1-3-10-28(33)32(26-16-17-26)22-29(34)31(19-24-12-5-4-6-13-24)21-27-15-9-18-30(27)20-25-14-8-7-11-23(25)2/h4-9,11-15,18,26H,3,10,16-17,19-22H2,1-2H3. The third-order valence-corrected chi connectivity index (χ3v) is 6.52. The lowest BCUT2D eigenvalue weighted by Gasteiger charge is -2.28. The second-order valence-electron chi connectivity index (χ2n) is 9.29. The Bertz CT molecular complexity index is 1100. The summed E-state index contributed by atoms with van der Waals surface area (Å²) in [5.41, 5.74) is 4.70. The number of rotatable bonds is 11. The molecule has 1 aliphatic carbocycles. The highest BCUT2D eigenvalue weighted by Gasteiger charge is 2.34. The Hall–Kier alpha value is -3.34. The molecule has 0 atom stereocenters. The van der Waals surface area contributed by atoms with Crippen LogP contribution >= 0.6 is 0 Å². The van der Waals surface area contributed by atoms with Crippen LogP contribution in [0.1, 0.15) is 55.0 Å². The second kappa shape index (κ2) is 11.2. The van der Waals surface area contributed by atoms with E-state index in [4.69, 9.17) is 0 Å². The van der Waals surface area contributed by atoms with Crippen molar-refractivity contribution < 1.29 is 9.59 Å². The van der Waals surface area contributed by atoms with Gasteiger partial charge in [0.05, 0.1) is 6.54 Å². The average Bonchev–Trinajstić information content (AvgIpc) is 3.59. The summed E-state index contributed by atoms with van der Waals surface area (Å²) in [7, 11) is 0. The predicted molar refractivity (Wildman–Crippen MR) is 135 cm³/mol. The molecule has 0 N–H and O–H groups in total. The molecule has 0 saturated heterocycles. The maximum Gasteiger partial charge on any atom is 0.242 e. The molecule has 0 radical (unpaired) electrons. The van der Waals surface area contributed by atoms with Crippen LogP contribution in [0.3, 0.4) is 0 Å². The molecule has 1 fully saturated rings. The molecule has 2 amide bonds. The Morgan fingerprint density at radius 1 is 0.912 bits per heavy atom. The normalized spacial score (nSPS) is 13.0. The van der Waals surface area contributed by atoms with Crippen molar-refractivity contribution in [3.8, 4) is 0 Å². The van der Waals surface area contributed by atoms with Gasteiger partial charge in [0.15, 0.2) is 0 Å². The molecule has 5 nitrogen and oxygen atoms in total. The first-order valence-electron chi connectivity index (χ1n) is 12.3. The SMILES string of the molecule is CCCC(=O)N(CC(=O)N(Cc1ccccc1)Cc1cccn1Cc1ccccc1C)C1CC1. The van der Waals surface area contributed by atoms with Crippen molar-refractivity contribution in [3.63, 3.8) is 0 Å². The van der Waals surface area contributed by atoms with E-state index in [0.717, 1.165) is 37.1 Å². The number of nitrogens with zero attached hydrogens (tertiary/aromatic N) is 3. The molecular formula is C29H35N3O2. The van der Waals surface area contributed by atoms with Crippen LogP contribution in [-0.4, -0.2) is 38.8 Å². The van der Waals surface area contributed by atoms with E-state index in [-0.39, 0.29) is 24.4 Å². The number of amides is 2. The van der Waals surface area contributed by atoms with Gasteiger partial charge in [-0.3, -0.25) is 9.59 Å². The Labute approximate surface area is 203 Å². The summed E-state index contributed by atoms with van der Waals surface area (Å²) in [6, 6.07) is 22.8. The maximum absolute atomic E-state index is 13.6. The van der Waals surface area contributed by atoms with Crippen LogP contribution in [0.25, 0.3) is 0 Å². The van der Waals surface area contributed by atoms with Gasteiger partial charge in [-0.2, -0.15) is 0 Å². The van der Waals surface area contributed by atoms with Gasteiger partial charge in [-0.1, -0.05) is 61.5 Å². The molecule has 4 rings (SSSR count). The topological polar surface area (TPSA) is 45.6 Å². The fourth-order valence-electron chi connectivity index (χ4n) is 4.36. The number of hydrogen-bond acceptors (Lipinski definition) is 2. The number of hydrogen-bond donors (Lipinski definition) is 0. The maximum atomic E-state index is 13.6. The summed E-state index contributed by atoms with van der Waals surface area (Å²) >= 11 is 0. The van der Waals surface area contributed by atoms with Gasteiger partial charge >= 0.3 is 0 Å². The molecular weight excluding hydrogens is 422 g/mol. The molecule has 5 heteroatoms. The lowest BCUT2D eigenvalue weighted by molar-refractivity contribution is -0.141. The van der Waals surface area contributed by atoms with E-state index < -0.39 is 0 Å². The molecule has 1 aliphatic rings. The molecule has 34 heavy (non-hydrogen) atoms. The van der Waals surface area contributed by atoms with E-state index in [2.05, 4.69) is 48.0 Å². The fraction of sp³-hybridized carbons (Fsp3) is 0.379. The Kier molecular flexibility index (Phi) is 7.84. The third kappa shape index (κ3) is 6.16. The van der Waals surface area contributed by atoms with E-state index in [1.165, 1.54) is 11.1 Å². The first kappa shape index (κ1) is 23.8. The van der Waals surface area contributed by atoms with Gasteiger partial charge in [0.1, 0.15) is 6.54 Å². The Morgan fingerprint density at radius 3 is 2.35 bits per heavy atom. The largest absolute Gasteiger partial charge is 0.345 e. The molecule has 0 bridgehead atoms. The molecule has 2 aromatic carbocycles. The van der Waals surface area contributed by atoms with Crippen LogP contribution in [0.4, 0.5) is 0 Å². The monoisotopic (exact) mass is 457 g/mol. The number of carbonyl (C=O) groups excluding carboxylic acids is 2. The number of carbonyl (C=O) groups is 2. The van der Waals surface area contributed by atoms with Gasteiger partial charge < -0.3 is 14.4 Å². The van der Waals surface area contributed by atoms with Crippen LogP contribution in [0, 0.1) is 6.92 Å². The summed E-state index contributed by atoms with van der Waals surface area (Å²) in [5.74, 6) is 0.102. The highest BCUT2D eigenvalue weighted by molar-refractivity contribution is 5.85. The zero-order valence-corrected chi connectivity index (χ0v) is 20.3. The highest BCUT2D eigenvalue weighted by Crippen LogP contribution is 2.28. The van der Waals surface area contributed by atoms with Crippen molar-refractivity contribution in [2.24, 2.45) is 0 Å². The van der Waals surface area contributed by atoms with Crippen LogP contribution in [0.15, 0.2) is 72.9 Å². The predicted octanol–water partition coefficient (Wildman–Crippen LogP) is 5.16. The summed E-state index contributed by atoms with van der Waals surface area (Å²) in [6.45, 7) is 6.10. The van der Waals surface area contributed by atoms with Gasteiger partial charge in [-0.15, -0.1) is 0 Å². The minimum absolute atomic E-state index is 0.00356. The smallest absolute Gasteiger partial charge is 0.242 e. The molecule has 0 aliphatic heterocycles. The van der Waals surface area contributed by atoms with Crippen LogP contribution in [0.5, 0.6) is 0 Å². The van der Waals surface area contributed by atoms with Crippen LogP contribution < -0.4 is 0 Å². The van der Waals surface area contributed by atoms with Crippen molar-refractivity contribution in [2.75, 3.05) is 6.54 Å². The summed E-state index contributed by atoms with van der Waals surface area (Å²) in [6.07, 6.45) is 5.38. The van der Waals surface area contributed by atoms with E-state index in [1.54, 1.807) is 0 Å². The Balaban J connectivity index is 1.54. The van der Waals surface area contributed by atoms with Gasteiger partial charge in [0.25, 0.3) is 0 Å². The highest BCUT2D eigenvalue weighted by atomic mass is 16.2. The van der Waals surface area contributed by atoms with E-state index in [9.17, 15) is 9.59 Å². The molecule has 178 valence electrons. The Morgan fingerprint density at radius 2 is 1.65 bits per heavy atom. The molecule has 1 saturated carbocycles. The molecule has 0 unspecified atom stereocenters. The molecule has 1 aromatic heterocycles. The summed E-state index contributed by atoms with van der Waals surface area (Å²) < 4.78 is 2.22. The summed E-state index contributed by atoms with van der Waals surface area (Å²) in [5, 5.41) is 0. The summed E-state index contributed by atoms with van der Waals surface area (Å²) in [4.78, 5) is 30.0. The van der Waals surface area contributed by atoms with Crippen molar-refractivity contribution >= 4 is 11.8 Å². The molecule has 3 aromatic rings. The van der Waals surface area contributed by atoms with E-state index in [0.29, 0.717) is 19.5 Å². The van der Waals surface area contributed by atoms with Gasteiger partial charge in [-0.05, 0) is 55.0 Å². The van der Waals surface area contributed by atoms with E-state index >= 15 is 0 Å². The minimum atomic E-state index is 0.00356. The second-order valence-corrected chi connectivity index (χ2v) is 9.29. The van der Waals surface area contributed by atoms with Crippen LogP contribution in [-0.2, 0) is 29.2 Å². The van der Waals surface area contributed by atoms with Crippen molar-refractivity contribution in [3.05, 3.63) is 95.3 Å². The average molecular weight is 458 g/mol. The third-order valence-electron chi connectivity index (χ3n) is 6.52. The molecule has 1 heterocycles. The minimum Gasteiger partial charge on any atom is -0.345 e. The van der Waals surface area contributed by atoms with Gasteiger partial charge in [0, 0.05) is 37.4 Å². The first-order valence-corrected chi connectivity index (χ1v) is 12.3.